The summed E-state index contributed by atoms with van der Waals surface area (Å²) >= 11 is 0. The third-order valence-corrected chi connectivity index (χ3v) is 5.77. The molecule has 0 radical (unpaired) electrons. The molecule has 0 amide bonds. The van der Waals surface area contributed by atoms with Gasteiger partial charge < -0.3 is 23.7 Å². The fraction of sp³-hybridized carbons (Fsp3) is 0.323. The average molecular weight is 505 g/mol. The van der Waals surface area contributed by atoms with E-state index < -0.39 is 18.3 Å². The Balaban J connectivity index is 1.72. The van der Waals surface area contributed by atoms with E-state index in [-0.39, 0.29) is 25.8 Å². The minimum absolute atomic E-state index is 0.0758. The van der Waals surface area contributed by atoms with Crippen LogP contribution in [0.2, 0.25) is 0 Å². The second-order valence-electron chi connectivity index (χ2n) is 8.55. The Morgan fingerprint density at radius 1 is 0.757 bits per heavy atom. The van der Waals surface area contributed by atoms with E-state index in [4.69, 9.17) is 23.7 Å². The van der Waals surface area contributed by atoms with Crippen LogP contribution in [0.4, 0.5) is 0 Å². The molecule has 3 aromatic carbocycles. The van der Waals surface area contributed by atoms with Crippen molar-refractivity contribution < 1.29 is 28.5 Å². The number of ether oxygens (including phenoxy) is 5. The van der Waals surface area contributed by atoms with Gasteiger partial charge in [-0.1, -0.05) is 97.1 Å². The molecule has 0 bridgehead atoms. The van der Waals surface area contributed by atoms with Gasteiger partial charge >= 0.3 is 5.97 Å². The van der Waals surface area contributed by atoms with E-state index in [1.54, 1.807) is 13.2 Å². The molecule has 0 aromatic heterocycles. The Morgan fingerprint density at radius 2 is 1.27 bits per heavy atom. The molecule has 3 aromatic rings. The Bertz CT molecular complexity index is 1030. The van der Waals surface area contributed by atoms with Crippen LogP contribution in [-0.2, 0) is 48.3 Å². The Labute approximate surface area is 219 Å². The molecule has 37 heavy (non-hydrogen) atoms. The third kappa shape index (κ3) is 10.3. The van der Waals surface area contributed by atoms with E-state index in [9.17, 15) is 4.79 Å². The first-order valence-corrected chi connectivity index (χ1v) is 12.4. The molecule has 0 saturated heterocycles. The van der Waals surface area contributed by atoms with E-state index >= 15 is 0 Å². The van der Waals surface area contributed by atoms with Crippen LogP contribution < -0.4 is 0 Å². The molecule has 3 rings (SSSR count). The molecule has 3 atom stereocenters. The molecule has 0 spiro atoms. The summed E-state index contributed by atoms with van der Waals surface area (Å²) in [5.41, 5.74) is 2.98. The summed E-state index contributed by atoms with van der Waals surface area (Å²) in [5, 5.41) is 0. The molecule has 0 aliphatic carbocycles. The highest BCUT2D eigenvalue weighted by atomic mass is 16.7. The van der Waals surface area contributed by atoms with Crippen molar-refractivity contribution in [3.63, 3.8) is 0 Å². The molecular weight excluding hydrogens is 468 g/mol. The summed E-state index contributed by atoms with van der Waals surface area (Å²) in [7, 11) is 1.56. The molecule has 0 fully saturated rings. The van der Waals surface area contributed by atoms with Crippen molar-refractivity contribution in [3.05, 3.63) is 120 Å². The van der Waals surface area contributed by atoms with Crippen LogP contribution in [0.5, 0.6) is 0 Å². The summed E-state index contributed by atoms with van der Waals surface area (Å²) in [6, 6.07) is 29.4. The molecule has 0 saturated carbocycles. The van der Waals surface area contributed by atoms with Crippen molar-refractivity contribution >= 4 is 5.97 Å². The van der Waals surface area contributed by atoms with Crippen LogP contribution >= 0.6 is 0 Å². The first-order valence-electron chi connectivity index (χ1n) is 12.4. The van der Waals surface area contributed by atoms with Gasteiger partial charge in [-0.15, -0.1) is 6.58 Å². The Kier molecular flexibility index (Phi) is 12.6. The lowest BCUT2D eigenvalue weighted by Crippen LogP contribution is -2.42. The van der Waals surface area contributed by atoms with Gasteiger partial charge in [0.05, 0.1) is 19.3 Å². The molecule has 0 aliphatic rings. The maximum atomic E-state index is 12.6. The molecule has 0 aliphatic heterocycles. The quantitative estimate of drug-likeness (QED) is 0.130. The monoisotopic (exact) mass is 504 g/mol. The van der Waals surface area contributed by atoms with Crippen molar-refractivity contribution in [2.75, 3.05) is 13.9 Å². The number of hydrogen-bond donors (Lipinski definition) is 0. The lowest BCUT2D eigenvalue weighted by Gasteiger charge is -2.32. The van der Waals surface area contributed by atoms with Gasteiger partial charge in [-0.3, -0.25) is 4.79 Å². The molecule has 0 N–H and O–H groups in total. The van der Waals surface area contributed by atoms with Crippen LogP contribution in [0.15, 0.2) is 104 Å². The normalized spacial score (nSPS) is 13.4. The van der Waals surface area contributed by atoms with Gasteiger partial charge in [0.25, 0.3) is 0 Å². The number of carbonyl (C=O) groups excluding carboxylic acids is 1. The number of rotatable bonds is 17. The van der Waals surface area contributed by atoms with Gasteiger partial charge in [0.15, 0.2) is 0 Å². The number of hydrogen-bond acceptors (Lipinski definition) is 6. The fourth-order valence-electron chi connectivity index (χ4n) is 3.81. The SMILES string of the molecule is C=C[C@@H](OCOC)[C@H](OCc1ccccc1)[C@@H](CCC(=O)OCc1ccccc1)OCc1ccccc1. The highest BCUT2D eigenvalue weighted by Crippen LogP contribution is 2.22. The van der Waals surface area contributed by atoms with E-state index in [2.05, 4.69) is 6.58 Å². The molecule has 6 heteroatoms. The van der Waals surface area contributed by atoms with Crippen LogP contribution in [-0.4, -0.2) is 38.2 Å². The zero-order chi connectivity index (χ0) is 26.1. The van der Waals surface area contributed by atoms with Crippen LogP contribution in [0, 0.1) is 0 Å². The first kappa shape index (κ1) is 28.3. The lowest BCUT2D eigenvalue weighted by molar-refractivity contribution is -0.164. The zero-order valence-corrected chi connectivity index (χ0v) is 21.4. The summed E-state index contributed by atoms with van der Waals surface area (Å²) in [6.07, 6.45) is 0.740. The predicted molar refractivity (Wildman–Crippen MR) is 142 cm³/mol. The van der Waals surface area contributed by atoms with Crippen LogP contribution in [0.25, 0.3) is 0 Å². The largest absolute Gasteiger partial charge is 0.461 e. The average Bonchev–Trinajstić information content (AvgIpc) is 2.96. The Morgan fingerprint density at radius 3 is 1.78 bits per heavy atom. The van der Waals surface area contributed by atoms with Crippen molar-refractivity contribution in [2.45, 2.75) is 51.0 Å². The minimum atomic E-state index is -0.529. The smallest absolute Gasteiger partial charge is 0.306 e. The van der Waals surface area contributed by atoms with E-state index in [1.807, 2.05) is 91.0 Å². The van der Waals surface area contributed by atoms with Crippen molar-refractivity contribution in [1.82, 2.24) is 0 Å². The molecule has 196 valence electrons. The summed E-state index contributed by atoms with van der Waals surface area (Å²) in [6.45, 7) is 4.97. The van der Waals surface area contributed by atoms with E-state index in [0.29, 0.717) is 19.6 Å². The van der Waals surface area contributed by atoms with Gasteiger partial charge in [0.1, 0.15) is 25.6 Å². The molecule has 0 heterocycles. The van der Waals surface area contributed by atoms with Gasteiger partial charge in [0.2, 0.25) is 0 Å². The summed E-state index contributed by atoms with van der Waals surface area (Å²) in [4.78, 5) is 12.6. The lowest BCUT2D eigenvalue weighted by atomic mass is 10.0. The maximum absolute atomic E-state index is 12.6. The predicted octanol–water partition coefficient (Wildman–Crippen LogP) is 5.86. The fourth-order valence-corrected chi connectivity index (χ4v) is 3.81. The third-order valence-electron chi connectivity index (χ3n) is 5.77. The summed E-state index contributed by atoms with van der Waals surface area (Å²) < 4.78 is 29.2. The van der Waals surface area contributed by atoms with Gasteiger partial charge in [-0.25, -0.2) is 0 Å². The van der Waals surface area contributed by atoms with E-state index in [1.165, 1.54) is 0 Å². The summed E-state index contributed by atoms with van der Waals surface area (Å²) in [5.74, 6) is -0.299. The van der Waals surface area contributed by atoms with Gasteiger partial charge in [0, 0.05) is 13.5 Å². The number of carbonyl (C=O) groups is 1. The highest BCUT2D eigenvalue weighted by molar-refractivity contribution is 5.69. The molecule has 6 nitrogen and oxygen atoms in total. The minimum Gasteiger partial charge on any atom is -0.461 e. The second-order valence-corrected chi connectivity index (χ2v) is 8.55. The Hall–Kier alpha value is -3.29. The topological polar surface area (TPSA) is 63.2 Å². The van der Waals surface area contributed by atoms with Crippen molar-refractivity contribution in [1.29, 1.82) is 0 Å². The second kappa shape index (κ2) is 16.5. The van der Waals surface area contributed by atoms with E-state index in [0.717, 1.165) is 16.7 Å². The number of methoxy groups -OCH3 is 1. The van der Waals surface area contributed by atoms with Gasteiger partial charge in [-0.2, -0.15) is 0 Å². The maximum Gasteiger partial charge on any atom is 0.306 e. The highest BCUT2D eigenvalue weighted by Gasteiger charge is 2.31. The number of benzene rings is 3. The van der Waals surface area contributed by atoms with Crippen LogP contribution in [0.3, 0.4) is 0 Å². The molecular formula is C31H36O6. The molecule has 0 unspecified atom stereocenters. The zero-order valence-electron chi connectivity index (χ0n) is 21.4. The van der Waals surface area contributed by atoms with Crippen molar-refractivity contribution in [2.24, 2.45) is 0 Å². The van der Waals surface area contributed by atoms with Gasteiger partial charge in [-0.05, 0) is 23.1 Å². The van der Waals surface area contributed by atoms with Crippen LogP contribution in [0.1, 0.15) is 29.5 Å². The number of esters is 1. The standard InChI is InChI=1S/C31H36O6/c1-3-28(37-24-33-2)31(36-23-27-17-11-6-12-18-27)29(34-21-25-13-7-4-8-14-25)19-20-30(32)35-22-26-15-9-5-10-16-26/h3-18,28-29,31H,1,19-24H2,2H3/t28-,29-,31+/m1/s1. The first-order chi connectivity index (χ1) is 18.2. The van der Waals surface area contributed by atoms with Crippen molar-refractivity contribution in [3.8, 4) is 0 Å².